The van der Waals surface area contributed by atoms with Crippen LogP contribution in [0.5, 0.6) is 0 Å². The third kappa shape index (κ3) is 2.74. The van der Waals surface area contributed by atoms with Gasteiger partial charge in [-0.25, -0.2) is 9.78 Å². The van der Waals surface area contributed by atoms with Gasteiger partial charge in [-0.05, 0) is 37.3 Å². The summed E-state index contributed by atoms with van der Waals surface area (Å²) < 4.78 is 6.78. The molecule has 0 aliphatic rings. The Labute approximate surface area is 152 Å². The number of carbonyl (C=O) groups is 1. The number of pyridine rings is 2. The molecule has 0 saturated heterocycles. The summed E-state index contributed by atoms with van der Waals surface area (Å²) in [6, 6.07) is 11.2. The molecule has 0 radical (unpaired) electrons. The maximum Gasteiger partial charge on any atom is 0.342 e. The molecular formula is C18H13N5O4. The largest absolute Gasteiger partial charge is 0.462 e. The Hall–Kier alpha value is -3.88. The second-order valence-corrected chi connectivity index (χ2v) is 5.68. The van der Waals surface area contributed by atoms with Crippen LogP contribution in [0.1, 0.15) is 17.3 Å². The van der Waals surface area contributed by atoms with Crippen molar-refractivity contribution in [1.29, 1.82) is 0 Å². The van der Waals surface area contributed by atoms with E-state index in [0.29, 0.717) is 22.7 Å². The normalized spacial score (nSPS) is 11.0. The standard InChI is InChI=1S/C18H13N5O4/c1-2-27-18(24)14-10-12-4-3-9-19-15(12)22-16(20-21-17(14)22)11-5-7-13(8-6-11)23(25)26/h3-10H,2H2,1H3. The van der Waals surface area contributed by atoms with E-state index in [4.69, 9.17) is 4.74 Å². The van der Waals surface area contributed by atoms with Crippen molar-refractivity contribution in [1.82, 2.24) is 19.6 Å². The minimum absolute atomic E-state index is 0.0252. The molecule has 0 amide bonds. The van der Waals surface area contributed by atoms with Gasteiger partial charge in [0, 0.05) is 29.3 Å². The first-order valence-corrected chi connectivity index (χ1v) is 8.15. The Bertz CT molecular complexity index is 1180. The van der Waals surface area contributed by atoms with Crippen LogP contribution in [0.25, 0.3) is 28.1 Å². The van der Waals surface area contributed by atoms with Gasteiger partial charge in [0.15, 0.2) is 11.5 Å². The summed E-state index contributed by atoms with van der Waals surface area (Å²) in [5.41, 5.74) is 1.74. The summed E-state index contributed by atoms with van der Waals surface area (Å²) in [6.45, 7) is 1.96. The van der Waals surface area contributed by atoms with Gasteiger partial charge in [0.25, 0.3) is 5.69 Å². The number of hydrogen-bond donors (Lipinski definition) is 0. The van der Waals surface area contributed by atoms with Gasteiger partial charge in [0.05, 0.1) is 11.5 Å². The molecule has 0 unspecified atom stereocenters. The lowest BCUT2D eigenvalue weighted by atomic mass is 10.1. The topological polar surface area (TPSA) is 113 Å². The van der Waals surface area contributed by atoms with Crippen molar-refractivity contribution in [3.63, 3.8) is 0 Å². The van der Waals surface area contributed by atoms with Gasteiger partial charge < -0.3 is 4.74 Å². The number of non-ortho nitro benzene ring substituents is 1. The number of nitrogens with zero attached hydrogens (tertiary/aromatic N) is 5. The molecule has 4 rings (SSSR count). The summed E-state index contributed by atoms with van der Waals surface area (Å²) in [4.78, 5) is 27.2. The van der Waals surface area contributed by atoms with Gasteiger partial charge in [0.1, 0.15) is 11.2 Å². The molecule has 0 N–H and O–H groups in total. The number of rotatable bonds is 4. The third-order valence-corrected chi connectivity index (χ3v) is 4.06. The fourth-order valence-corrected chi connectivity index (χ4v) is 2.87. The van der Waals surface area contributed by atoms with E-state index in [0.717, 1.165) is 5.39 Å². The van der Waals surface area contributed by atoms with Crippen LogP contribution in [0, 0.1) is 10.1 Å². The van der Waals surface area contributed by atoms with Crippen LogP contribution in [-0.4, -0.2) is 37.1 Å². The minimum atomic E-state index is -0.504. The van der Waals surface area contributed by atoms with E-state index in [1.54, 1.807) is 41.8 Å². The molecule has 0 fully saturated rings. The van der Waals surface area contributed by atoms with Crippen molar-refractivity contribution in [3.8, 4) is 11.4 Å². The third-order valence-electron chi connectivity index (χ3n) is 4.06. The summed E-state index contributed by atoms with van der Waals surface area (Å²) in [6.07, 6.45) is 1.63. The van der Waals surface area contributed by atoms with Gasteiger partial charge in [0.2, 0.25) is 0 Å². The number of esters is 1. The van der Waals surface area contributed by atoms with Crippen LogP contribution in [-0.2, 0) is 4.74 Å². The molecule has 0 aliphatic heterocycles. The van der Waals surface area contributed by atoms with Crippen molar-refractivity contribution in [2.45, 2.75) is 6.92 Å². The van der Waals surface area contributed by atoms with Crippen LogP contribution < -0.4 is 0 Å². The summed E-state index contributed by atoms with van der Waals surface area (Å²) in [7, 11) is 0. The monoisotopic (exact) mass is 363 g/mol. The van der Waals surface area contributed by atoms with Crippen LogP contribution in [0.15, 0.2) is 48.7 Å². The second kappa shape index (κ2) is 6.45. The highest BCUT2D eigenvalue weighted by atomic mass is 16.6. The SMILES string of the molecule is CCOC(=O)c1cc2cccnc2n2c(-c3ccc([N+](=O)[O-])cc3)nnc12. The molecule has 4 aromatic rings. The van der Waals surface area contributed by atoms with Crippen LogP contribution in [0.3, 0.4) is 0 Å². The predicted molar refractivity (Wildman–Crippen MR) is 96.3 cm³/mol. The van der Waals surface area contributed by atoms with Crippen molar-refractivity contribution in [3.05, 3.63) is 64.3 Å². The van der Waals surface area contributed by atoms with Gasteiger partial charge in [-0.3, -0.25) is 14.5 Å². The molecule has 1 aromatic carbocycles. The lowest BCUT2D eigenvalue weighted by Crippen LogP contribution is -2.08. The number of aromatic nitrogens is 4. The second-order valence-electron chi connectivity index (χ2n) is 5.68. The highest BCUT2D eigenvalue weighted by Crippen LogP contribution is 2.27. The van der Waals surface area contributed by atoms with Gasteiger partial charge in [-0.15, -0.1) is 10.2 Å². The average Bonchev–Trinajstić information content (AvgIpc) is 3.13. The van der Waals surface area contributed by atoms with Crippen molar-refractivity contribution >= 4 is 28.3 Å². The van der Waals surface area contributed by atoms with E-state index in [1.807, 2.05) is 6.07 Å². The number of fused-ring (bicyclic) bond motifs is 3. The van der Waals surface area contributed by atoms with Crippen molar-refractivity contribution in [2.75, 3.05) is 6.61 Å². The van der Waals surface area contributed by atoms with Crippen molar-refractivity contribution in [2.24, 2.45) is 0 Å². The van der Waals surface area contributed by atoms with Gasteiger partial charge in [-0.2, -0.15) is 0 Å². The molecule has 9 heteroatoms. The molecule has 27 heavy (non-hydrogen) atoms. The number of ether oxygens (including phenoxy) is 1. The average molecular weight is 363 g/mol. The molecule has 9 nitrogen and oxygen atoms in total. The van der Waals surface area contributed by atoms with Gasteiger partial charge in [-0.1, -0.05) is 0 Å². The number of carbonyl (C=O) groups excluding carboxylic acids is 1. The maximum atomic E-state index is 12.4. The van der Waals surface area contributed by atoms with E-state index < -0.39 is 10.9 Å². The Kier molecular flexibility index (Phi) is 3.96. The number of nitro groups is 1. The summed E-state index contributed by atoms with van der Waals surface area (Å²) in [5, 5.41) is 19.9. The first-order valence-electron chi connectivity index (χ1n) is 8.15. The zero-order valence-corrected chi connectivity index (χ0v) is 14.2. The molecule has 3 aromatic heterocycles. The fraction of sp³-hybridized carbons (Fsp3) is 0.111. The minimum Gasteiger partial charge on any atom is -0.462 e. The predicted octanol–water partition coefficient (Wildman–Crippen LogP) is 3.03. The molecule has 134 valence electrons. The first kappa shape index (κ1) is 16.6. The molecular weight excluding hydrogens is 350 g/mol. The quantitative estimate of drug-likeness (QED) is 0.311. The fourth-order valence-electron chi connectivity index (χ4n) is 2.87. The van der Waals surface area contributed by atoms with E-state index in [9.17, 15) is 14.9 Å². The number of hydrogen-bond acceptors (Lipinski definition) is 7. The van der Waals surface area contributed by atoms with E-state index >= 15 is 0 Å². The molecule has 0 saturated carbocycles. The highest BCUT2D eigenvalue weighted by molar-refractivity contribution is 6.00. The summed E-state index contributed by atoms with van der Waals surface area (Å²) >= 11 is 0. The van der Waals surface area contributed by atoms with E-state index in [1.165, 1.54) is 12.1 Å². The van der Waals surface area contributed by atoms with Crippen LogP contribution in [0.4, 0.5) is 5.69 Å². The number of benzene rings is 1. The molecule has 0 aliphatic carbocycles. The van der Waals surface area contributed by atoms with Crippen molar-refractivity contribution < 1.29 is 14.5 Å². The molecule has 0 spiro atoms. The van der Waals surface area contributed by atoms with Crippen LogP contribution in [0.2, 0.25) is 0 Å². The Balaban J connectivity index is 2.00. The Morgan fingerprint density at radius 1 is 1.19 bits per heavy atom. The summed E-state index contributed by atoms with van der Waals surface area (Å²) in [5.74, 6) is -0.0781. The zero-order chi connectivity index (χ0) is 19.0. The highest BCUT2D eigenvalue weighted by Gasteiger charge is 2.20. The molecule has 0 bridgehead atoms. The molecule has 0 atom stereocenters. The first-order chi connectivity index (χ1) is 13.1. The van der Waals surface area contributed by atoms with E-state index in [-0.39, 0.29) is 17.9 Å². The van der Waals surface area contributed by atoms with Gasteiger partial charge >= 0.3 is 5.97 Å². The van der Waals surface area contributed by atoms with Crippen LogP contribution >= 0.6 is 0 Å². The molecule has 3 heterocycles. The number of nitro benzene ring substituents is 1. The lowest BCUT2D eigenvalue weighted by Gasteiger charge is -2.08. The van der Waals surface area contributed by atoms with E-state index in [2.05, 4.69) is 15.2 Å². The lowest BCUT2D eigenvalue weighted by molar-refractivity contribution is -0.384. The maximum absolute atomic E-state index is 12.4. The zero-order valence-electron chi connectivity index (χ0n) is 14.2. The smallest absolute Gasteiger partial charge is 0.342 e. The Morgan fingerprint density at radius 3 is 2.67 bits per heavy atom. The Morgan fingerprint density at radius 2 is 1.96 bits per heavy atom.